The minimum Gasteiger partial charge on any atom is -0.321 e. The fourth-order valence-corrected chi connectivity index (χ4v) is 4.10. The highest BCUT2D eigenvalue weighted by molar-refractivity contribution is 6.03. The maximum Gasteiger partial charge on any atom is 0.274 e. The number of carbonyl (C=O) groups is 1. The van der Waals surface area contributed by atoms with Gasteiger partial charge in [0.15, 0.2) is 5.82 Å². The molecule has 1 aliphatic carbocycles. The van der Waals surface area contributed by atoms with Gasteiger partial charge in [-0.1, -0.05) is 26.0 Å². The molecule has 1 fully saturated rings. The van der Waals surface area contributed by atoms with E-state index in [4.69, 9.17) is 0 Å². The molecule has 33 heavy (non-hydrogen) atoms. The summed E-state index contributed by atoms with van der Waals surface area (Å²) in [4.78, 5) is 21.7. The second kappa shape index (κ2) is 8.97. The molecular formula is C25H27N7O. The van der Waals surface area contributed by atoms with Crippen LogP contribution in [0.2, 0.25) is 0 Å². The summed E-state index contributed by atoms with van der Waals surface area (Å²) in [5.74, 6) is 1.11. The Kier molecular flexibility index (Phi) is 5.73. The van der Waals surface area contributed by atoms with E-state index in [1.54, 1.807) is 24.9 Å². The van der Waals surface area contributed by atoms with Gasteiger partial charge in [0, 0.05) is 35.6 Å². The molecule has 3 aromatic heterocycles. The van der Waals surface area contributed by atoms with Crippen LogP contribution in [0.1, 0.15) is 67.7 Å². The van der Waals surface area contributed by atoms with E-state index in [2.05, 4.69) is 43.9 Å². The third-order valence-corrected chi connectivity index (χ3v) is 6.16. The first-order valence-electron chi connectivity index (χ1n) is 11.5. The van der Waals surface area contributed by atoms with E-state index in [9.17, 15) is 4.79 Å². The van der Waals surface area contributed by atoms with Crippen LogP contribution >= 0.6 is 0 Å². The SMILES string of the molecule is CCC(CC)n1cnnc1-c1cccc(NC(=O)c2cc(-n3cnc(C4CC4)c3)ccn2)c1. The Bertz CT molecular complexity index is 1270. The molecule has 0 aliphatic heterocycles. The predicted molar refractivity (Wildman–Crippen MR) is 126 cm³/mol. The highest BCUT2D eigenvalue weighted by Crippen LogP contribution is 2.39. The predicted octanol–water partition coefficient (Wildman–Crippen LogP) is 5.02. The monoisotopic (exact) mass is 441 g/mol. The molecule has 8 heteroatoms. The Hall–Kier alpha value is -3.81. The van der Waals surface area contributed by atoms with E-state index >= 15 is 0 Å². The Morgan fingerprint density at radius 3 is 2.76 bits per heavy atom. The summed E-state index contributed by atoms with van der Waals surface area (Å²) >= 11 is 0. The second-order valence-corrected chi connectivity index (χ2v) is 8.45. The number of anilines is 1. The van der Waals surface area contributed by atoms with Gasteiger partial charge in [0.1, 0.15) is 12.0 Å². The maximum absolute atomic E-state index is 13.0. The van der Waals surface area contributed by atoms with Crippen LogP contribution in [0.15, 0.2) is 61.4 Å². The number of amides is 1. The van der Waals surface area contributed by atoms with Crippen molar-refractivity contribution < 1.29 is 4.79 Å². The van der Waals surface area contributed by atoms with Gasteiger partial charge < -0.3 is 14.5 Å². The van der Waals surface area contributed by atoms with E-state index < -0.39 is 0 Å². The number of nitrogens with zero attached hydrogens (tertiary/aromatic N) is 6. The van der Waals surface area contributed by atoms with Gasteiger partial charge in [0.25, 0.3) is 5.91 Å². The Balaban J connectivity index is 1.35. The molecule has 1 amide bonds. The molecule has 3 heterocycles. The lowest BCUT2D eigenvalue weighted by atomic mass is 10.1. The zero-order valence-corrected chi connectivity index (χ0v) is 18.8. The molecule has 1 aromatic carbocycles. The van der Waals surface area contributed by atoms with Gasteiger partial charge in [0.05, 0.1) is 17.7 Å². The van der Waals surface area contributed by atoms with Crippen LogP contribution in [0, 0.1) is 0 Å². The summed E-state index contributed by atoms with van der Waals surface area (Å²) in [5, 5.41) is 11.4. The summed E-state index contributed by atoms with van der Waals surface area (Å²) in [6.45, 7) is 4.32. The third kappa shape index (κ3) is 4.41. The Labute approximate surface area is 192 Å². The molecule has 0 unspecified atom stereocenters. The fourth-order valence-electron chi connectivity index (χ4n) is 4.10. The van der Waals surface area contributed by atoms with Crippen LogP contribution < -0.4 is 5.32 Å². The van der Waals surface area contributed by atoms with Crippen molar-refractivity contribution in [3.05, 3.63) is 72.8 Å². The van der Waals surface area contributed by atoms with E-state index in [-0.39, 0.29) is 5.91 Å². The number of imidazole rings is 1. The highest BCUT2D eigenvalue weighted by Gasteiger charge is 2.26. The number of aromatic nitrogens is 6. The summed E-state index contributed by atoms with van der Waals surface area (Å²) in [6, 6.07) is 11.7. The average molecular weight is 442 g/mol. The number of hydrogen-bond acceptors (Lipinski definition) is 5. The first-order chi connectivity index (χ1) is 16.2. The van der Waals surface area contributed by atoms with Gasteiger partial charge >= 0.3 is 0 Å². The number of benzene rings is 1. The number of nitrogens with one attached hydrogen (secondary N) is 1. The van der Waals surface area contributed by atoms with Crippen LogP contribution in [0.4, 0.5) is 5.69 Å². The van der Waals surface area contributed by atoms with Gasteiger partial charge in [0.2, 0.25) is 0 Å². The van der Waals surface area contributed by atoms with Gasteiger partial charge in [-0.05, 0) is 49.9 Å². The van der Waals surface area contributed by atoms with E-state index in [0.29, 0.717) is 23.3 Å². The molecule has 168 valence electrons. The van der Waals surface area contributed by atoms with Crippen LogP contribution in [0.3, 0.4) is 0 Å². The van der Waals surface area contributed by atoms with Crippen LogP contribution in [-0.2, 0) is 0 Å². The van der Waals surface area contributed by atoms with Crippen molar-refractivity contribution >= 4 is 11.6 Å². The van der Waals surface area contributed by atoms with Crippen molar-refractivity contribution in [2.24, 2.45) is 0 Å². The zero-order chi connectivity index (χ0) is 22.8. The van der Waals surface area contributed by atoms with Gasteiger partial charge in [-0.25, -0.2) is 4.98 Å². The quantitative estimate of drug-likeness (QED) is 0.415. The van der Waals surface area contributed by atoms with E-state index in [0.717, 1.165) is 35.6 Å². The van der Waals surface area contributed by atoms with Gasteiger partial charge in [-0.15, -0.1) is 10.2 Å². The third-order valence-electron chi connectivity index (χ3n) is 6.16. The van der Waals surface area contributed by atoms with Crippen molar-refractivity contribution in [1.82, 2.24) is 29.3 Å². The Morgan fingerprint density at radius 2 is 1.97 bits per heavy atom. The summed E-state index contributed by atoms with van der Waals surface area (Å²) in [6.07, 6.45) is 11.7. The molecule has 8 nitrogen and oxygen atoms in total. The normalized spacial score (nSPS) is 13.4. The smallest absolute Gasteiger partial charge is 0.274 e. The summed E-state index contributed by atoms with van der Waals surface area (Å²) in [7, 11) is 0. The first kappa shape index (κ1) is 21.1. The second-order valence-electron chi connectivity index (χ2n) is 8.45. The topological polar surface area (TPSA) is 90.5 Å². The molecule has 0 bridgehead atoms. The van der Waals surface area contributed by atoms with E-state index in [1.807, 2.05) is 41.1 Å². The van der Waals surface area contributed by atoms with E-state index in [1.165, 1.54) is 12.8 Å². The number of hydrogen-bond donors (Lipinski definition) is 1. The first-order valence-corrected chi connectivity index (χ1v) is 11.5. The maximum atomic E-state index is 13.0. The fraction of sp³-hybridized carbons (Fsp3) is 0.320. The summed E-state index contributed by atoms with van der Waals surface area (Å²) in [5.41, 5.74) is 3.91. The zero-order valence-electron chi connectivity index (χ0n) is 18.8. The largest absolute Gasteiger partial charge is 0.321 e. The van der Waals surface area contributed by atoms with Gasteiger partial charge in [-0.2, -0.15) is 0 Å². The lowest BCUT2D eigenvalue weighted by Gasteiger charge is -2.16. The minimum absolute atomic E-state index is 0.266. The van der Waals surface area contributed by atoms with Crippen molar-refractivity contribution in [3.63, 3.8) is 0 Å². The highest BCUT2D eigenvalue weighted by atomic mass is 16.1. The van der Waals surface area contributed by atoms with Crippen molar-refractivity contribution in [3.8, 4) is 17.1 Å². The lowest BCUT2D eigenvalue weighted by Crippen LogP contribution is -2.14. The molecule has 1 N–H and O–H groups in total. The van der Waals surface area contributed by atoms with Gasteiger partial charge in [-0.3, -0.25) is 9.78 Å². The number of rotatable bonds is 8. The van der Waals surface area contributed by atoms with Crippen molar-refractivity contribution in [2.75, 3.05) is 5.32 Å². The molecular weight excluding hydrogens is 414 g/mol. The van der Waals surface area contributed by atoms with Crippen molar-refractivity contribution in [1.29, 1.82) is 0 Å². The standard InChI is InChI=1S/C25H27N7O/c1-3-20(4-2)32-16-28-30-24(32)18-6-5-7-19(12-18)29-25(33)22-13-21(10-11-26-22)31-14-23(27-15-31)17-8-9-17/h5-7,10-17,20H,3-4,8-9H2,1-2H3,(H,29,33). The van der Waals surface area contributed by atoms with Crippen molar-refractivity contribution in [2.45, 2.75) is 51.5 Å². The molecule has 1 saturated carbocycles. The number of carbonyl (C=O) groups excluding carboxylic acids is 1. The molecule has 0 atom stereocenters. The molecule has 4 aromatic rings. The lowest BCUT2D eigenvalue weighted by molar-refractivity contribution is 0.102. The molecule has 0 spiro atoms. The Morgan fingerprint density at radius 1 is 1.12 bits per heavy atom. The molecule has 1 aliphatic rings. The minimum atomic E-state index is -0.266. The number of pyridine rings is 1. The van der Waals surface area contributed by atoms with Crippen LogP contribution in [0.5, 0.6) is 0 Å². The molecule has 0 radical (unpaired) electrons. The average Bonchev–Trinajstić information content (AvgIpc) is 3.37. The van der Waals surface area contributed by atoms with Crippen LogP contribution in [-0.4, -0.2) is 35.2 Å². The summed E-state index contributed by atoms with van der Waals surface area (Å²) < 4.78 is 4.05. The molecule has 5 rings (SSSR count). The van der Waals surface area contributed by atoms with Crippen LogP contribution in [0.25, 0.3) is 17.1 Å². The molecule has 0 saturated heterocycles.